The maximum atomic E-state index is 13.0. The molecule has 1 atom stereocenters. The summed E-state index contributed by atoms with van der Waals surface area (Å²) >= 11 is 5.49. The van der Waals surface area contributed by atoms with Gasteiger partial charge in [0.1, 0.15) is 5.82 Å². The maximum absolute atomic E-state index is 13.0. The Morgan fingerprint density at radius 3 is 2.79 bits per heavy atom. The van der Waals surface area contributed by atoms with Crippen LogP contribution in [0.15, 0.2) is 18.2 Å². The quantitative estimate of drug-likeness (QED) is 0.844. The van der Waals surface area contributed by atoms with E-state index in [1.165, 1.54) is 12.1 Å². The molecule has 0 heterocycles. The third-order valence-electron chi connectivity index (χ3n) is 1.95. The van der Waals surface area contributed by atoms with Crippen molar-refractivity contribution in [3.05, 3.63) is 34.6 Å². The number of rotatable bonds is 3. The second kappa shape index (κ2) is 4.42. The van der Waals surface area contributed by atoms with Crippen LogP contribution >= 0.6 is 11.6 Å². The number of carboxylic acids is 1. The molecule has 1 rings (SSSR count). The first-order chi connectivity index (χ1) is 6.50. The van der Waals surface area contributed by atoms with Crippen LogP contribution in [-0.2, 0) is 11.2 Å². The van der Waals surface area contributed by atoms with Crippen molar-refractivity contribution in [2.24, 2.45) is 5.92 Å². The van der Waals surface area contributed by atoms with Crippen LogP contribution in [0.2, 0.25) is 5.02 Å². The smallest absolute Gasteiger partial charge is 0.306 e. The van der Waals surface area contributed by atoms with E-state index in [0.717, 1.165) is 0 Å². The molecule has 0 radical (unpaired) electrons. The Kier molecular flexibility index (Phi) is 3.47. The van der Waals surface area contributed by atoms with Crippen LogP contribution in [0.1, 0.15) is 12.5 Å². The average Bonchev–Trinajstić information content (AvgIpc) is 2.11. The number of aliphatic carboxylic acids is 1. The lowest BCUT2D eigenvalue weighted by Crippen LogP contribution is -2.12. The van der Waals surface area contributed by atoms with Gasteiger partial charge in [-0.3, -0.25) is 4.79 Å². The van der Waals surface area contributed by atoms with Gasteiger partial charge in [-0.05, 0) is 24.1 Å². The van der Waals surface area contributed by atoms with Crippen molar-refractivity contribution in [3.8, 4) is 0 Å². The molecule has 0 bridgehead atoms. The molecule has 0 fully saturated rings. The first kappa shape index (κ1) is 11.0. The van der Waals surface area contributed by atoms with Gasteiger partial charge in [-0.1, -0.05) is 24.6 Å². The van der Waals surface area contributed by atoms with Crippen molar-refractivity contribution < 1.29 is 14.3 Å². The van der Waals surface area contributed by atoms with Crippen LogP contribution < -0.4 is 0 Å². The largest absolute Gasteiger partial charge is 0.481 e. The van der Waals surface area contributed by atoms with Gasteiger partial charge in [0.2, 0.25) is 0 Å². The predicted octanol–water partition coefficient (Wildman–Crippen LogP) is 2.74. The molecule has 1 aromatic rings. The molecular formula is C10H10ClFO2. The standard InChI is InChI=1S/C10H10ClFO2/c1-6(10(13)14)4-7-2-3-8(11)9(12)5-7/h2-3,5-6H,4H2,1H3,(H,13,14)/t6-/m1/s1. The molecule has 14 heavy (non-hydrogen) atoms. The topological polar surface area (TPSA) is 37.3 Å². The van der Waals surface area contributed by atoms with E-state index in [4.69, 9.17) is 16.7 Å². The van der Waals surface area contributed by atoms with E-state index in [1.807, 2.05) is 0 Å². The van der Waals surface area contributed by atoms with E-state index in [1.54, 1.807) is 13.0 Å². The third-order valence-corrected chi connectivity index (χ3v) is 2.25. The zero-order valence-electron chi connectivity index (χ0n) is 7.63. The fourth-order valence-electron chi connectivity index (χ4n) is 1.11. The highest BCUT2D eigenvalue weighted by Crippen LogP contribution is 2.17. The van der Waals surface area contributed by atoms with E-state index >= 15 is 0 Å². The molecule has 0 aliphatic carbocycles. The minimum Gasteiger partial charge on any atom is -0.481 e. The highest BCUT2D eigenvalue weighted by Gasteiger charge is 2.12. The van der Waals surface area contributed by atoms with Gasteiger partial charge >= 0.3 is 5.97 Å². The fourth-order valence-corrected chi connectivity index (χ4v) is 1.23. The fraction of sp³-hybridized carbons (Fsp3) is 0.300. The van der Waals surface area contributed by atoms with Crippen LogP contribution in [0.3, 0.4) is 0 Å². The van der Waals surface area contributed by atoms with E-state index in [9.17, 15) is 9.18 Å². The van der Waals surface area contributed by atoms with E-state index < -0.39 is 17.7 Å². The second-order valence-corrected chi connectivity index (χ2v) is 3.60. The summed E-state index contributed by atoms with van der Waals surface area (Å²) in [5.74, 6) is -1.92. The van der Waals surface area contributed by atoms with Crippen LogP contribution in [0.5, 0.6) is 0 Å². The summed E-state index contributed by atoms with van der Waals surface area (Å²) in [7, 11) is 0. The SMILES string of the molecule is C[C@H](Cc1ccc(Cl)c(F)c1)C(=O)O. The van der Waals surface area contributed by atoms with Gasteiger partial charge in [0.25, 0.3) is 0 Å². The molecule has 0 saturated heterocycles. The number of carbonyl (C=O) groups is 1. The number of benzene rings is 1. The molecule has 0 spiro atoms. The predicted molar refractivity (Wildman–Crippen MR) is 51.9 cm³/mol. The van der Waals surface area contributed by atoms with Crippen molar-refractivity contribution >= 4 is 17.6 Å². The van der Waals surface area contributed by atoms with Gasteiger partial charge in [0.15, 0.2) is 0 Å². The van der Waals surface area contributed by atoms with Crippen LogP contribution in [0.25, 0.3) is 0 Å². The lowest BCUT2D eigenvalue weighted by atomic mass is 10.0. The first-order valence-electron chi connectivity index (χ1n) is 4.17. The highest BCUT2D eigenvalue weighted by atomic mass is 35.5. The molecule has 0 aliphatic rings. The van der Waals surface area contributed by atoms with Crippen molar-refractivity contribution in [2.75, 3.05) is 0 Å². The van der Waals surface area contributed by atoms with Gasteiger partial charge in [-0.25, -0.2) is 4.39 Å². The Morgan fingerprint density at radius 2 is 2.29 bits per heavy atom. The molecule has 1 N–H and O–H groups in total. The molecular weight excluding hydrogens is 207 g/mol. The third kappa shape index (κ3) is 2.70. The normalized spacial score (nSPS) is 12.5. The molecule has 0 saturated carbocycles. The van der Waals surface area contributed by atoms with Crippen molar-refractivity contribution in [3.63, 3.8) is 0 Å². The van der Waals surface area contributed by atoms with Crippen molar-refractivity contribution in [2.45, 2.75) is 13.3 Å². The molecule has 1 aromatic carbocycles. The number of hydrogen-bond acceptors (Lipinski definition) is 1. The van der Waals surface area contributed by atoms with E-state index in [-0.39, 0.29) is 5.02 Å². The Balaban J connectivity index is 2.78. The summed E-state index contributed by atoms with van der Waals surface area (Å²) in [5.41, 5.74) is 0.641. The summed E-state index contributed by atoms with van der Waals surface area (Å²) in [6.07, 6.45) is 0.309. The lowest BCUT2D eigenvalue weighted by Gasteiger charge is -2.06. The van der Waals surface area contributed by atoms with Crippen LogP contribution in [-0.4, -0.2) is 11.1 Å². The average molecular weight is 217 g/mol. The van der Waals surface area contributed by atoms with Gasteiger partial charge in [0.05, 0.1) is 10.9 Å². The Labute approximate surface area is 86.3 Å². The molecule has 0 aromatic heterocycles. The van der Waals surface area contributed by atoms with Gasteiger partial charge in [0, 0.05) is 0 Å². The van der Waals surface area contributed by atoms with Gasteiger partial charge < -0.3 is 5.11 Å². The Morgan fingerprint density at radius 1 is 1.64 bits per heavy atom. The number of hydrogen-bond donors (Lipinski definition) is 1. The lowest BCUT2D eigenvalue weighted by molar-refractivity contribution is -0.141. The van der Waals surface area contributed by atoms with Crippen LogP contribution in [0, 0.1) is 11.7 Å². The minimum absolute atomic E-state index is 0.0525. The molecule has 0 unspecified atom stereocenters. The molecule has 0 aliphatic heterocycles. The summed E-state index contributed by atoms with van der Waals surface area (Å²) in [5, 5.41) is 8.70. The zero-order chi connectivity index (χ0) is 10.7. The van der Waals surface area contributed by atoms with Crippen LogP contribution in [0.4, 0.5) is 4.39 Å². The van der Waals surface area contributed by atoms with E-state index in [0.29, 0.717) is 12.0 Å². The van der Waals surface area contributed by atoms with Crippen molar-refractivity contribution in [1.82, 2.24) is 0 Å². The molecule has 4 heteroatoms. The van der Waals surface area contributed by atoms with Gasteiger partial charge in [-0.2, -0.15) is 0 Å². The highest BCUT2D eigenvalue weighted by molar-refractivity contribution is 6.30. The molecule has 76 valence electrons. The van der Waals surface area contributed by atoms with E-state index in [2.05, 4.69) is 0 Å². The molecule has 2 nitrogen and oxygen atoms in total. The number of halogens is 2. The first-order valence-corrected chi connectivity index (χ1v) is 4.55. The molecule has 0 amide bonds. The Bertz CT molecular complexity index is 352. The number of carboxylic acid groups (broad SMARTS) is 1. The second-order valence-electron chi connectivity index (χ2n) is 3.19. The minimum atomic E-state index is -0.889. The summed E-state index contributed by atoms with van der Waals surface area (Å²) in [4.78, 5) is 10.5. The summed E-state index contributed by atoms with van der Waals surface area (Å²) < 4.78 is 13.0. The zero-order valence-corrected chi connectivity index (χ0v) is 8.38. The Hall–Kier alpha value is -1.09. The van der Waals surface area contributed by atoms with Crippen molar-refractivity contribution in [1.29, 1.82) is 0 Å². The van der Waals surface area contributed by atoms with Gasteiger partial charge in [-0.15, -0.1) is 0 Å². The maximum Gasteiger partial charge on any atom is 0.306 e. The summed E-state index contributed by atoms with van der Waals surface area (Å²) in [6, 6.07) is 4.33. The summed E-state index contributed by atoms with van der Waals surface area (Å²) in [6.45, 7) is 1.58. The monoisotopic (exact) mass is 216 g/mol.